The summed E-state index contributed by atoms with van der Waals surface area (Å²) in [4.78, 5) is 0. The van der Waals surface area contributed by atoms with Crippen LogP contribution < -0.4 is 5.32 Å². The van der Waals surface area contributed by atoms with E-state index in [-0.39, 0.29) is 5.41 Å². The summed E-state index contributed by atoms with van der Waals surface area (Å²) in [6.45, 7) is 7.56. The third-order valence-electron chi connectivity index (χ3n) is 2.40. The molecule has 1 N–H and O–H groups in total. The van der Waals surface area contributed by atoms with Crippen LogP contribution in [0.4, 0.5) is 5.69 Å². The number of hydrogen-bond donors (Lipinski definition) is 1. The van der Waals surface area contributed by atoms with E-state index in [2.05, 4.69) is 38.2 Å². The van der Waals surface area contributed by atoms with Crippen LogP contribution in [0.3, 0.4) is 0 Å². The van der Waals surface area contributed by atoms with Crippen LogP contribution in [0.1, 0.15) is 26.3 Å². The number of allylic oxidation sites excluding steroid dienone is 1. The molecule has 0 spiro atoms. The molecule has 0 aliphatic carbocycles. The lowest BCUT2D eigenvalue weighted by Gasteiger charge is -2.13. The molecule has 0 aromatic heterocycles. The molecule has 1 aliphatic rings. The maximum atomic E-state index is 5.94. The average molecular weight is 222 g/mol. The third-order valence-corrected chi connectivity index (χ3v) is 2.64. The number of rotatable bonds is 0. The fraction of sp³-hybridized carbons (Fsp3) is 0.385. The molecule has 0 fully saturated rings. The van der Waals surface area contributed by atoms with Gasteiger partial charge in [0.1, 0.15) is 0 Å². The first-order chi connectivity index (χ1) is 6.96. The number of nitrogens with one attached hydrogen (secondary N) is 1. The summed E-state index contributed by atoms with van der Waals surface area (Å²) in [5.41, 5.74) is 4.03. The number of halogens is 1. The van der Waals surface area contributed by atoms with Gasteiger partial charge in [-0.25, -0.2) is 0 Å². The van der Waals surface area contributed by atoms with Crippen molar-refractivity contribution in [3.05, 3.63) is 34.9 Å². The first-order valence-electron chi connectivity index (χ1n) is 5.21. The lowest BCUT2D eigenvalue weighted by molar-refractivity contribution is 0.545. The molecule has 15 heavy (non-hydrogen) atoms. The second kappa shape index (κ2) is 3.57. The van der Waals surface area contributed by atoms with E-state index in [1.807, 2.05) is 12.1 Å². The molecule has 0 amide bonds. The Hall–Kier alpha value is -0.950. The molecule has 1 aromatic rings. The Bertz CT molecular complexity index is 413. The van der Waals surface area contributed by atoms with E-state index in [4.69, 9.17) is 11.6 Å². The number of hydrogen-bond acceptors (Lipinski definition) is 1. The highest BCUT2D eigenvalue weighted by Crippen LogP contribution is 2.35. The van der Waals surface area contributed by atoms with Crippen LogP contribution in [0.15, 0.2) is 24.3 Å². The van der Waals surface area contributed by atoms with Gasteiger partial charge in [-0.2, -0.15) is 0 Å². The zero-order chi connectivity index (χ0) is 11.1. The van der Waals surface area contributed by atoms with Gasteiger partial charge in [-0.15, -0.1) is 0 Å². The van der Waals surface area contributed by atoms with E-state index < -0.39 is 0 Å². The molecule has 0 bridgehead atoms. The summed E-state index contributed by atoms with van der Waals surface area (Å²) >= 11 is 5.94. The van der Waals surface area contributed by atoms with Gasteiger partial charge in [0, 0.05) is 22.8 Å². The number of anilines is 1. The van der Waals surface area contributed by atoms with Gasteiger partial charge in [-0.1, -0.05) is 44.5 Å². The Labute approximate surface area is 96.1 Å². The molecule has 1 aromatic carbocycles. The first-order valence-corrected chi connectivity index (χ1v) is 5.59. The Morgan fingerprint density at radius 1 is 1.33 bits per heavy atom. The molecule has 1 aliphatic heterocycles. The van der Waals surface area contributed by atoms with Gasteiger partial charge >= 0.3 is 0 Å². The first kappa shape index (κ1) is 10.6. The molecule has 0 saturated heterocycles. The predicted octanol–water partition coefficient (Wildman–Crippen LogP) is 4.20. The normalized spacial score (nSPS) is 17.7. The minimum atomic E-state index is 0.220. The largest absolute Gasteiger partial charge is 0.380 e. The van der Waals surface area contributed by atoms with E-state index in [1.54, 1.807) is 0 Å². The van der Waals surface area contributed by atoms with Crippen molar-refractivity contribution in [3.8, 4) is 0 Å². The molecule has 0 radical (unpaired) electrons. The third kappa shape index (κ3) is 2.35. The number of fused-ring (bicyclic) bond motifs is 1. The van der Waals surface area contributed by atoms with Crippen molar-refractivity contribution in [2.45, 2.75) is 20.8 Å². The molecule has 2 heteroatoms. The van der Waals surface area contributed by atoms with Gasteiger partial charge < -0.3 is 5.32 Å². The Kier molecular flexibility index (Phi) is 2.51. The molecule has 0 atom stereocenters. The van der Waals surface area contributed by atoms with Gasteiger partial charge in [0.2, 0.25) is 0 Å². The highest BCUT2D eigenvalue weighted by Gasteiger charge is 2.18. The van der Waals surface area contributed by atoms with Crippen molar-refractivity contribution in [1.29, 1.82) is 0 Å². The van der Waals surface area contributed by atoms with Crippen LogP contribution in [0.5, 0.6) is 0 Å². The smallest absolute Gasteiger partial charge is 0.0434 e. The van der Waals surface area contributed by atoms with Crippen molar-refractivity contribution in [2.75, 3.05) is 11.9 Å². The van der Waals surface area contributed by atoms with E-state index in [1.165, 1.54) is 11.1 Å². The predicted molar refractivity (Wildman–Crippen MR) is 67.4 cm³/mol. The quantitative estimate of drug-likeness (QED) is 0.693. The molecule has 80 valence electrons. The summed E-state index contributed by atoms with van der Waals surface area (Å²) in [6.07, 6.45) is 2.32. The molecule has 0 saturated carbocycles. The van der Waals surface area contributed by atoms with E-state index in [9.17, 15) is 0 Å². The van der Waals surface area contributed by atoms with Gasteiger partial charge in [-0.3, -0.25) is 0 Å². The lowest BCUT2D eigenvalue weighted by atomic mass is 9.92. The van der Waals surface area contributed by atoms with Gasteiger partial charge in [0.25, 0.3) is 0 Å². The van der Waals surface area contributed by atoms with Gasteiger partial charge in [-0.05, 0) is 23.1 Å². The van der Waals surface area contributed by atoms with Gasteiger partial charge in [0.15, 0.2) is 0 Å². The SMILES string of the molecule is CC(C)(C)/C=C1\CNc2cc(Cl)ccc21. The van der Waals surface area contributed by atoms with Gasteiger partial charge in [0.05, 0.1) is 0 Å². The Balaban J connectivity index is 2.41. The maximum Gasteiger partial charge on any atom is 0.0434 e. The summed E-state index contributed by atoms with van der Waals surface area (Å²) in [5, 5.41) is 4.15. The highest BCUT2D eigenvalue weighted by molar-refractivity contribution is 6.31. The van der Waals surface area contributed by atoms with E-state index >= 15 is 0 Å². The van der Waals surface area contributed by atoms with Crippen molar-refractivity contribution in [2.24, 2.45) is 5.41 Å². The van der Waals surface area contributed by atoms with Crippen molar-refractivity contribution in [1.82, 2.24) is 0 Å². The minimum absolute atomic E-state index is 0.220. The van der Waals surface area contributed by atoms with Crippen LogP contribution in [0.25, 0.3) is 5.57 Å². The van der Waals surface area contributed by atoms with Crippen molar-refractivity contribution >= 4 is 22.9 Å². The zero-order valence-corrected chi connectivity index (χ0v) is 10.2. The van der Waals surface area contributed by atoms with Crippen molar-refractivity contribution < 1.29 is 0 Å². The van der Waals surface area contributed by atoms with Crippen LogP contribution in [-0.2, 0) is 0 Å². The summed E-state index contributed by atoms with van der Waals surface area (Å²) < 4.78 is 0. The summed E-state index contributed by atoms with van der Waals surface area (Å²) in [6, 6.07) is 6.03. The monoisotopic (exact) mass is 221 g/mol. The Morgan fingerprint density at radius 3 is 2.73 bits per heavy atom. The fourth-order valence-corrected chi connectivity index (χ4v) is 2.05. The highest BCUT2D eigenvalue weighted by atomic mass is 35.5. The minimum Gasteiger partial charge on any atom is -0.380 e. The van der Waals surface area contributed by atoms with E-state index in [0.717, 1.165) is 17.3 Å². The van der Waals surface area contributed by atoms with Crippen molar-refractivity contribution in [3.63, 3.8) is 0 Å². The topological polar surface area (TPSA) is 12.0 Å². The maximum absolute atomic E-state index is 5.94. The molecule has 0 unspecified atom stereocenters. The van der Waals surface area contributed by atoms with Crippen LogP contribution >= 0.6 is 11.6 Å². The molecule has 2 rings (SSSR count). The standard InChI is InChI=1S/C13H16ClN/c1-13(2,3)7-9-8-15-12-6-10(14)4-5-11(9)12/h4-7,15H,8H2,1-3H3/b9-7+. The molecule has 1 nitrogen and oxygen atoms in total. The van der Waals surface area contributed by atoms with Crippen LogP contribution in [0.2, 0.25) is 5.02 Å². The average Bonchev–Trinajstić information content (AvgIpc) is 2.45. The zero-order valence-electron chi connectivity index (χ0n) is 9.39. The summed E-state index contributed by atoms with van der Waals surface area (Å²) in [5.74, 6) is 0. The molecular weight excluding hydrogens is 206 g/mol. The molecule has 1 heterocycles. The fourth-order valence-electron chi connectivity index (χ4n) is 1.88. The Morgan fingerprint density at radius 2 is 2.07 bits per heavy atom. The van der Waals surface area contributed by atoms with E-state index in [0.29, 0.717) is 0 Å². The second-order valence-corrected chi connectivity index (χ2v) is 5.52. The second-order valence-electron chi connectivity index (χ2n) is 5.08. The summed E-state index contributed by atoms with van der Waals surface area (Å²) in [7, 11) is 0. The van der Waals surface area contributed by atoms with Crippen LogP contribution in [-0.4, -0.2) is 6.54 Å². The number of benzene rings is 1. The lowest BCUT2D eigenvalue weighted by Crippen LogP contribution is -2.02. The molecular formula is C13H16ClN. The van der Waals surface area contributed by atoms with Crippen LogP contribution in [0, 0.1) is 5.41 Å².